The van der Waals surface area contributed by atoms with Crippen molar-refractivity contribution >= 4 is 11.4 Å². The van der Waals surface area contributed by atoms with Crippen molar-refractivity contribution in [3.8, 4) is 11.5 Å². The topological polar surface area (TPSA) is 73.6 Å². The highest BCUT2D eigenvalue weighted by molar-refractivity contribution is 5.67. The highest BCUT2D eigenvalue weighted by Gasteiger charge is 2.21. The fourth-order valence-corrected chi connectivity index (χ4v) is 1.46. The van der Waals surface area contributed by atoms with Gasteiger partial charge in [-0.1, -0.05) is 0 Å². The van der Waals surface area contributed by atoms with E-state index in [4.69, 9.17) is 9.47 Å². The predicted molar refractivity (Wildman–Crippen MR) is 53.6 cm³/mol. The summed E-state index contributed by atoms with van der Waals surface area (Å²) in [5, 5.41) is 13.8. The maximum Gasteiger partial charge on any atom is 0.314 e. The van der Waals surface area contributed by atoms with Gasteiger partial charge in [-0.15, -0.1) is 0 Å². The summed E-state index contributed by atoms with van der Waals surface area (Å²) in [6, 6.07) is 2.95. The van der Waals surface area contributed by atoms with Gasteiger partial charge in [0.2, 0.25) is 0 Å². The van der Waals surface area contributed by atoms with E-state index in [0.717, 1.165) is 5.69 Å². The van der Waals surface area contributed by atoms with Crippen molar-refractivity contribution in [2.75, 3.05) is 25.6 Å². The molecule has 0 aromatic heterocycles. The number of rotatable bonds is 2. The van der Waals surface area contributed by atoms with Crippen LogP contribution in [-0.4, -0.2) is 25.2 Å². The summed E-state index contributed by atoms with van der Waals surface area (Å²) in [4.78, 5) is 10.2. The molecule has 80 valence electrons. The molecule has 1 aromatic carbocycles. The summed E-state index contributed by atoms with van der Waals surface area (Å²) in [5.41, 5.74) is 0.642. The standard InChI is InChI=1S/C9H10N2O4/c1-14-9-4-6-8(15-3-2-10-6)5-7(9)11(12)13/h4-5,10H,2-3H2,1H3. The Bertz CT molecular complexity index is 405. The number of ether oxygens (including phenoxy) is 2. The molecular weight excluding hydrogens is 200 g/mol. The number of fused-ring (bicyclic) bond motifs is 1. The number of nitrogens with zero attached hydrogens (tertiary/aromatic N) is 1. The quantitative estimate of drug-likeness (QED) is 0.590. The molecule has 15 heavy (non-hydrogen) atoms. The zero-order valence-electron chi connectivity index (χ0n) is 8.15. The minimum Gasteiger partial charge on any atom is -0.490 e. The van der Waals surface area contributed by atoms with E-state index in [-0.39, 0.29) is 11.4 Å². The first kappa shape index (κ1) is 9.57. The molecule has 6 heteroatoms. The number of nitro benzene ring substituents is 1. The second kappa shape index (κ2) is 3.64. The van der Waals surface area contributed by atoms with Crippen LogP contribution in [0, 0.1) is 10.1 Å². The third kappa shape index (κ3) is 1.65. The van der Waals surface area contributed by atoms with Gasteiger partial charge in [-0.05, 0) is 0 Å². The molecule has 6 nitrogen and oxygen atoms in total. The van der Waals surface area contributed by atoms with Crippen LogP contribution in [-0.2, 0) is 0 Å². The van der Waals surface area contributed by atoms with E-state index in [9.17, 15) is 10.1 Å². The summed E-state index contributed by atoms with van der Waals surface area (Å²) in [5.74, 6) is 0.727. The molecule has 0 atom stereocenters. The van der Waals surface area contributed by atoms with E-state index in [1.807, 2.05) is 0 Å². The number of nitro groups is 1. The Hall–Kier alpha value is -1.98. The van der Waals surface area contributed by atoms with Crippen molar-refractivity contribution in [3.05, 3.63) is 22.2 Å². The zero-order valence-corrected chi connectivity index (χ0v) is 8.15. The van der Waals surface area contributed by atoms with Crippen LogP contribution >= 0.6 is 0 Å². The Labute approximate surface area is 86.0 Å². The molecule has 1 aromatic rings. The van der Waals surface area contributed by atoms with Crippen molar-refractivity contribution < 1.29 is 14.4 Å². The SMILES string of the molecule is COc1cc2c(cc1[N+](=O)[O-])OCCN2. The first-order valence-corrected chi connectivity index (χ1v) is 4.45. The number of anilines is 1. The maximum atomic E-state index is 10.7. The lowest BCUT2D eigenvalue weighted by Gasteiger charge is -2.19. The van der Waals surface area contributed by atoms with Gasteiger partial charge in [0.1, 0.15) is 12.4 Å². The smallest absolute Gasteiger partial charge is 0.314 e. The van der Waals surface area contributed by atoms with Gasteiger partial charge in [0.05, 0.1) is 23.8 Å². The van der Waals surface area contributed by atoms with Gasteiger partial charge in [0.25, 0.3) is 0 Å². The Morgan fingerprint density at radius 1 is 1.60 bits per heavy atom. The van der Waals surface area contributed by atoms with Gasteiger partial charge in [0.15, 0.2) is 5.75 Å². The van der Waals surface area contributed by atoms with Crippen LogP contribution < -0.4 is 14.8 Å². The van der Waals surface area contributed by atoms with E-state index < -0.39 is 4.92 Å². The summed E-state index contributed by atoms with van der Waals surface area (Å²) >= 11 is 0. The molecule has 0 radical (unpaired) electrons. The lowest BCUT2D eigenvalue weighted by atomic mass is 10.2. The Balaban J connectivity index is 2.51. The molecule has 0 unspecified atom stereocenters. The monoisotopic (exact) mass is 210 g/mol. The van der Waals surface area contributed by atoms with Gasteiger partial charge in [-0.3, -0.25) is 10.1 Å². The molecule has 1 aliphatic rings. The van der Waals surface area contributed by atoms with Crippen LogP contribution in [0.3, 0.4) is 0 Å². The van der Waals surface area contributed by atoms with E-state index in [1.165, 1.54) is 13.2 Å². The molecular formula is C9H10N2O4. The van der Waals surface area contributed by atoms with E-state index in [2.05, 4.69) is 5.32 Å². The predicted octanol–water partition coefficient (Wildman–Crippen LogP) is 1.41. The Morgan fingerprint density at radius 2 is 2.40 bits per heavy atom. The van der Waals surface area contributed by atoms with Gasteiger partial charge >= 0.3 is 5.69 Å². The molecule has 0 saturated carbocycles. The van der Waals surface area contributed by atoms with Crippen LogP contribution in [0.25, 0.3) is 0 Å². The zero-order chi connectivity index (χ0) is 10.8. The van der Waals surface area contributed by atoms with Gasteiger partial charge in [-0.2, -0.15) is 0 Å². The minimum absolute atomic E-state index is 0.0834. The van der Waals surface area contributed by atoms with Gasteiger partial charge in [0, 0.05) is 12.6 Å². The van der Waals surface area contributed by atoms with Crippen molar-refractivity contribution in [3.63, 3.8) is 0 Å². The lowest BCUT2D eigenvalue weighted by Crippen LogP contribution is -2.18. The van der Waals surface area contributed by atoms with E-state index in [0.29, 0.717) is 18.9 Å². The third-order valence-corrected chi connectivity index (χ3v) is 2.15. The normalized spacial score (nSPS) is 13.4. The lowest BCUT2D eigenvalue weighted by molar-refractivity contribution is -0.385. The molecule has 1 heterocycles. The molecule has 0 saturated heterocycles. The van der Waals surface area contributed by atoms with E-state index in [1.54, 1.807) is 6.07 Å². The second-order valence-corrected chi connectivity index (χ2v) is 3.05. The average Bonchev–Trinajstić information content (AvgIpc) is 2.27. The second-order valence-electron chi connectivity index (χ2n) is 3.05. The first-order chi connectivity index (χ1) is 7.22. The highest BCUT2D eigenvalue weighted by Crippen LogP contribution is 2.38. The van der Waals surface area contributed by atoms with Crippen LogP contribution in [0.5, 0.6) is 11.5 Å². The largest absolute Gasteiger partial charge is 0.490 e. The van der Waals surface area contributed by atoms with Crippen LogP contribution in [0.4, 0.5) is 11.4 Å². The van der Waals surface area contributed by atoms with Crippen molar-refractivity contribution in [1.82, 2.24) is 0 Å². The van der Waals surface area contributed by atoms with Crippen molar-refractivity contribution in [2.24, 2.45) is 0 Å². The first-order valence-electron chi connectivity index (χ1n) is 4.45. The number of hydrogen-bond donors (Lipinski definition) is 1. The molecule has 1 N–H and O–H groups in total. The molecule has 0 aliphatic carbocycles. The van der Waals surface area contributed by atoms with Crippen LogP contribution in [0.2, 0.25) is 0 Å². The molecule has 0 spiro atoms. The number of nitrogens with one attached hydrogen (secondary N) is 1. The summed E-state index contributed by atoms with van der Waals surface area (Å²) in [7, 11) is 1.40. The Morgan fingerprint density at radius 3 is 3.07 bits per heavy atom. The summed E-state index contributed by atoms with van der Waals surface area (Å²) in [6.45, 7) is 1.20. The molecule has 0 bridgehead atoms. The highest BCUT2D eigenvalue weighted by atomic mass is 16.6. The maximum absolute atomic E-state index is 10.7. The molecule has 1 aliphatic heterocycles. The van der Waals surface area contributed by atoms with Crippen LogP contribution in [0.15, 0.2) is 12.1 Å². The average molecular weight is 210 g/mol. The molecule has 0 amide bonds. The third-order valence-electron chi connectivity index (χ3n) is 2.15. The van der Waals surface area contributed by atoms with Crippen molar-refractivity contribution in [1.29, 1.82) is 0 Å². The fraction of sp³-hybridized carbons (Fsp3) is 0.333. The van der Waals surface area contributed by atoms with Gasteiger partial charge in [-0.25, -0.2) is 0 Å². The summed E-state index contributed by atoms with van der Waals surface area (Å²) in [6.07, 6.45) is 0. The van der Waals surface area contributed by atoms with E-state index >= 15 is 0 Å². The minimum atomic E-state index is -0.489. The number of benzene rings is 1. The van der Waals surface area contributed by atoms with Gasteiger partial charge < -0.3 is 14.8 Å². The molecule has 0 fully saturated rings. The fourth-order valence-electron chi connectivity index (χ4n) is 1.46. The number of methoxy groups -OCH3 is 1. The Kier molecular flexibility index (Phi) is 2.32. The summed E-state index contributed by atoms with van der Waals surface area (Å²) < 4.78 is 10.2. The van der Waals surface area contributed by atoms with Crippen molar-refractivity contribution in [2.45, 2.75) is 0 Å². The number of hydrogen-bond acceptors (Lipinski definition) is 5. The molecule has 2 rings (SSSR count). The van der Waals surface area contributed by atoms with Crippen LogP contribution in [0.1, 0.15) is 0 Å².